The minimum atomic E-state index is -0.292. The molecule has 0 aliphatic heterocycles. The summed E-state index contributed by atoms with van der Waals surface area (Å²) in [6, 6.07) is 12.9. The summed E-state index contributed by atoms with van der Waals surface area (Å²) < 4.78 is 16.0. The third kappa shape index (κ3) is 3.36. The monoisotopic (exact) mass is 356 g/mol. The highest BCUT2D eigenvalue weighted by molar-refractivity contribution is 6.31. The molecule has 25 heavy (non-hydrogen) atoms. The van der Waals surface area contributed by atoms with E-state index in [4.69, 9.17) is 17.3 Å². The molecule has 128 valence electrons. The van der Waals surface area contributed by atoms with Gasteiger partial charge < -0.3 is 10.3 Å². The third-order valence-electron chi connectivity index (χ3n) is 4.25. The fraction of sp³-hybridized carbons (Fsp3) is 0.150. The van der Waals surface area contributed by atoms with Crippen LogP contribution in [0, 0.1) is 6.92 Å². The number of aldehydes is 1. The number of nitrogens with zero attached hydrogens (tertiary/aromatic N) is 1. The van der Waals surface area contributed by atoms with E-state index in [-0.39, 0.29) is 18.9 Å². The summed E-state index contributed by atoms with van der Waals surface area (Å²) in [5.74, 6) is -0.292. The predicted octanol–water partition coefficient (Wildman–Crippen LogP) is 4.89. The lowest BCUT2D eigenvalue weighted by molar-refractivity contribution is 0.112. The van der Waals surface area contributed by atoms with Gasteiger partial charge in [0.15, 0.2) is 0 Å². The van der Waals surface area contributed by atoms with Gasteiger partial charge in [0.1, 0.15) is 12.1 Å². The van der Waals surface area contributed by atoms with Gasteiger partial charge in [0, 0.05) is 39.3 Å². The zero-order valence-corrected chi connectivity index (χ0v) is 14.6. The first-order valence-corrected chi connectivity index (χ1v) is 8.31. The highest BCUT2D eigenvalue weighted by atomic mass is 35.5. The number of fused-ring (bicyclic) bond motifs is 1. The van der Waals surface area contributed by atoms with Crippen LogP contribution in [0.5, 0.6) is 0 Å². The second-order valence-corrected chi connectivity index (χ2v) is 6.27. The average molecular weight is 357 g/mol. The molecule has 1 heterocycles. The molecule has 0 bridgehead atoms. The minimum Gasteiger partial charge on any atom is -0.337 e. The maximum absolute atomic E-state index is 14.1. The van der Waals surface area contributed by atoms with E-state index in [2.05, 4.69) is 0 Å². The van der Waals surface area contributed by atoms with Gasteiger partial charge in [-0.1, -0.05) is 23.7 Å². The maximum Gasteiger partial charge on any atom is 0.150 e. The molecule has 3 rings (SSSR count). The van der Waals surface area contributed by atoms with Crippen LogP contribution in [-0.2, 0) is 6.54 Å². The van der Waals surface area contributed by atoms with Crippen molar-refractivity contribution in [3.8, 4) is 11.1 Å². The Hall–Kier alpha value is -2.43. The summed E-state index contributed by atoms with van der Waals surface area (Å²) >= 11 is 6.14. The molecule has 0 atom stereocenters. The van der Waals surface area contributed by atoms with Crippen LogP contribution in [0.4, 0.5) is 4.39 Å². The van der Waals surface area contributed by atoms with Crippen LogP contribution in [0.2, 0.25) is 5.02 Å². The van der Waals surface area contributed by atoms with E-state index in [1.807, 2.05) is 41.8 Å². The van der Waals surface area contributed by atoms with Crippen molar-refractivity contribution >= 4 is 28.8 Å². The Morgan fingerprint density at radius 2 is 2.08 bits per heavy atom. The van der Waals surface area contributed by atoms with E-state index >= 15 is 0 Å². The smallest absolute Gasteiger partial charge is 0.150 e. The SMILES string of the molecule is Cc1c(-c2cccc(Cl)c2)c2cc(C=O)ccc2n1C/C(F)=C/CN. The van der Waals surface area contributed by atoms with Crippen molar-refractivity contribution in [2.45, 2.75) is 13.5 Å². The normalized spacial score (nSPS) is 11.9. The van der Waals surface area contributed by atoms with E-state index in [0.29, 0.717) is 10.6 Å². The van der Waals surface area contributed by atoms with Crippen molar-refractivity contribution in [2.75, 3.05) is 6.54 Å². The first-order valence-electron chi connectivity index (χ1n) is 7.93. The van der Waals surface area contributed by atoms with Gasteiger partial charge >= 0.3 is 0 Å². The van der Waals surface area contributed by atoms with Crippen molar-refractivity contribution in [3.05, 3.63) is 70.6 Å². The van der Waals surface area contributed by atoms with Crippen molar-refractivity contribution in [1.29, 1.82) is 0 Å². The van der Waals surface area contributed by atoms with E-state index in [1.54, 1.807) is 12.1 Å². The predicted molar refractivity (Wildman–Crippen MR) is 101 cm³/mol. The van der Waals surface area contributed by atoms with Crippen molar-refractivity contribution < 1.29 is 9.18 Å². The number of nitrogens with two attached hydrogens (primary N) is 1. The molecule has 0 spiro atoms. The zero-order valence-electron chi connectivity index (χ0n) is 13.8. The van der Waals surface area contributed by atoms with Gasteiger partial charge in [-0.15, -0.1) is 0 Å². The van der Waals surface area contributed by atoms with Crippen LogP contribution in [0.1, 0.15) is 16.1 Å². The van der Waals surface area contributed by atoms with Crippen LogP contribution in [0.3, 0.4) is 0 Å². The van der Waals surface area contributed by atoms with Crippen LogP contribution in [0.15, 0.2) is 54.4 Å². The number of benzene rings is 2. The second-order valence-electron chi connectivity index (χ2n) is 5.84. The third-order valence-corrected chi connectivity index (χ3v) is 4.48. The topological polar surface area (TPSA) is 48.0 Å². The lowest BCUT2D eigenvalue weighted by Gasteiger charge is -2.08. The van der Waals surface area contributed by atoms with Gasteiger partial charge in [-0.3, -0.25) is 4.79 Å². The Kier molecular flexibility index (Phi) is 5.02. The fourth-order valence-corrected chi connectivity index (χ4v) is 3.32. The molecule has 5 heteroatoms. The minimum absolute atomic E-state index is 0.0978. The summed E-state index contributed by atoms with van der Waals surface area (Å²) in [5.41, 5.74) is 9.62. The van der Waals surface area contributed by atoms with Crippen LogP contribution in [-0.4, -0.2) is 17.4 Å². The van der Waals surface area contributed by atoms with E-state index in [9.17, 15) is 9.18 Å². The molecule has 1 aromatic heterocycles. The number of hydrogen-bond acceptors (Lipinski definition) is 2. The second kappa shape index (κ2) is 7.21. The van der Waals surface area contributed by atoms with Gasteiger partial charge in [0.25, 0.3) is 0 Å². The molecule has 0 amide bonds. The quantitative estimate of drug-likeness (QED) is 0.661. The van der Waals surface area contributed by atoms with E-state index in [0.717, 1.165) is 34.0 Å². The molecule has 0 saturated carbocycles. The molecule has 0 aliphatic rings. The number of carbonyl (C=O) groups is 1. The van der Waals surface area contributed by atoms with Crippen LogP contribution >= 0.6 is 11.6 Å². The summed E-state index contributed by atoms with van der Waals surface area (Å²) in [5, 5.41) is 1.52. The van der Waals surface area contributed by atoms with Crippen molar-refractivity contribution in [3.63, 3.8) is 0 Å². The van der Waals surface area contributed by atoms with E-state index in [1.165, 1.54) is 6.08 Å². The molecule has 0 aliphatic carbocycles. The number of carbonyl (C=O) groups excluding carboxylic acids is 1. The van der Waals surface area contributed by atoms with Gasteiger partial charge in [0.05, 0.1) is 6.54 Å². The Morgan fingerprint density at radius 1 is 1.28 bits per heavy atom. The highest BCUT2D eigenvalue weighted by Gasteiger charge is 2.17. The molecular formula is C20H18ClFN2O. The number of halogens is 2. The summed E-state index contributed by atoms with van der Waals surface area (Å²) in [7, 11) is 0. The van der Waals surface area contributed by atoms with Crippen LogP contribution < -0.4 is 5.73 Å². The lowest BCUT2D eigenvalue weighted by atomic mass is 10.0. The summed E-state index contributed by atoms with van der Waals surface area (Å²) in [4.78, 5) is 11.2. The molecule has 0 radical (unpaired) electrons. The Labute approximate surface area is 150 Å². The molecular weight excluding hydrogens is 339 g/mol. The molecule has 3 aromatic rings. The first kappa shape index (κ1) is 17.4. The Bertz CT molecular complexity index is 975. The summed E-state index contributed by atoms with van der Waals surface area (Å²) in [6.45, 7) is 2.19. The first-order chi connectivity index (χ1) is 12.0. The van der Waals surface area contributed by atoms with Crippen LogP contribution in [0.25, 0.3) is 22.0 Å². The molecule has 0 unspecified atom stereocenters. The average Bonchev–Trinajstić information content (AvgIpc) is 2.86. The molecule has 0 saturated heterocycles. The van der Waals surface area contributed by atoms with Crippen molar-refractivity contribution in [2.24, 2.45) is 5.73 Å². The van der Waals surface area contributed by atoms with Crippen molar-refractivity contribution in [1.82, 2.24) is 4.57 Å². The van der Waals surface area contributed by atoms with Gasteiger partial charge in [0.2, 0.25) is 0 Å². The molecule has 3 nitrogen and oxygen atoms in total. The van der Waals surface area contributed by atoms with E-state index < -0.39 is 0 Å². The van der Waals surface area contributed by atoms with Gasteiger partial charge in [-0.05, 0) is 48.9 Å². The Balaban J connectivity index is 2.29. The standard InChI is InChI=1S/C20H18ClFN2O/c1-13-20(15-3-2-4-16(21)10-15)18-9-14(12-25)5-6-19(18)24(13)11-17(22)7-8-23/h2-7,9-10,12H,8,11,23H2,1H3/b17-7-. The highest BCUT2D eigenvalue weighted by Crippen LogP contribution is 2.36. The number of aromatic nitrogens is 1. The number of hydrogen-bond donors (Lipinski definition) is 1. The van der Waals surface area contributed by atoms with Gasteiger partial charge in [-0.2, -0.15) is 0 Å². The molecule has 0 fully saturated rings. The van der Waals surface area contributed by atoms with Gasteiger partial charge in [-0.25, -0.2) is 4.39 Å². The Morgan fingerprint density at radius 3 is 2.76 bits per heavy atom. The number of rotatable bonds is 5. The molecule has 2 N–H and O–H groups in total. The zero-order chi connectivity index (χ0) is 18.0. The summed E-state index contributed by atoms with van der Waals surface area (Å²) in [6.07, 6.45) is 2.17. The number of allylic oxidation sites excluding steroid dienone is 1. The molecule has 2 aromatic carbocycles. The maximum atomic E-state index is 14.1. The lowest BCUT2D eigenvalue weighted by Crippen LogP contribution is -2.03. The fourth-order valence-electron chi connectivity index (χ4n) is 3.13. The largest absolute Gasteiger partial charge is 0.337 e.